The van der Waals surface area contributed by atoms with Crippen molar-refractivity contribution >= 4 is 33.3 Å². The van der Waals surface area contributed by atoms with Crippen molar-refractivity contribution in [2.24, 2.45) is 0 Å². The highest BCUT2D eigenvalue weighted by atomic mass is 32.1. The first kappa shape index (κ1) is 18.0. The van der Waals surface area contributed by atoms with Gasteiger partial charge in [0.05, 0.1) is 25.1 Å². The maximum atomic E-state index is 12.1. The van der Waals surface area contributed by atoms with Crippen molar-refractivity contribution in [1.29, 1.82) is 0 Å². The predicted molar refractivity (Wildman–Crippen MR) is 100 cm³/mol. The second kappa shape index (κ2) is 8.55. The number of hydrogen-bond donors (Lipinski definition) is 2. The van der Waals surface area contributed by atoms with E-state index in [-0.39, 0.29) is 12.5 Å². The van der Waals surface area contributed by atoms with Crippen molar-refractivity contribution < 1.29 is 9.53 Å². The zero-order chi connectivity index (χ0) is 17.6. The molecule has 25 heavy (non-hydrogen) atoms. The van der Waals surface area contributed by atoms with Gasteiger partial charge in [-0.2, -0.15) is 0 Å². The Balaban J connectivity index is 1.51. The van der Waals surface area contributed by atoms with Gasteiger partial charge in [-0.15, -0.1) is 11.3 Å². The van der Waals surface area contributed by atoms with E-state index in [0.29, 0.717) is 12.4 Å². The summed E-state index contributed by atoms with van der Waals surface area (Å²) in [6.07, 6.45) is 0.974. The van der Waals surface area contributed by atoms with Crippen LogP contribution in [0.4, 0.5) is 5.82 Å². The molecule has 1 fully saturated rings. The third kappa shape index (κ3) is 4.87. The van der Waals surface area contributed by atoms with Crippen LogP contribution < -0.4 is 10.6 Å². The topological polar surface area (TPSA) is 79.4 Å². The lowest BCUT2D eigenvalue weighted by Gasteiger charge is -2.26. The molecule has 1 saturated heterocycles. The Bertz CT molecular complexity index is 727. The summed E-state index contributed by atoms with van der Waals surface area (Å²) in [6, 6.07) is 2.11. The maximum absolute atomic E-state index is 12.1. The molecule has 1 aliphatic heterocycles. The number of carbonyl (C=O) groups is 1. The predicted octanol–water partition coefficient (Wildman–Crippen LogP) is 1.42. The van der Waals surface area contributed by atoms with Crippen molar-refractivity contribution in [3.8, 4) is 0 Å². The van der Waals surface area contributed by atoms with E-state index in [2.05, 4.69) is 38.5 Å². The average molecular weight is 363 g/mol. The number of carbonyl (C=O) groups excluding carboxylic acids is 1. The van der Waals surface area contributed by atoms with Gasteiger partial charge in [0.15, 0.2) is 0 Å². The molecule has 2 aromatic rings. The monoisotopic (exact) mass is 363 g/mol. The number of hydrogen-bond acceptors (Lipinski definition) is 7. The molecule has 3 rings (SSSR count). The van der Waals surface area contributed by atoms with Crippen LogP contribution in [-0.4, -0.2) is 66.7 Å². The lowest BCUT2D eigenvalue weighted by atomic mass is 10.3. The van der Waals surface area contributed by atoms with Gasteiger partial charge in [0.25, 0.3) is 0 Å². The Morgan fingerprint density at radius 1 is 1.36 bits per heavy atom. The van der Waals surface area contributed by atoms with Gasteiger partial charge < -0.3 is 15.4 Å². The van der Waals surface area contributed by atoms with Crippen molar-refractivity contribution in [2.45, 2.75) is 20.3 Å². The van der Waals surface area contributed by atoms with E-state index in [1.165, 1.54) is 4.88 Å². The Morgan fingerprint density at radius 2 is 2.16 bits per heavy atom. The number of morpholine rings is 1. The summed E-state index contributed by atoms with van der Waals surface area (Å²) in [7, 11) is 0. The number of fused-ring (bicyclic) bond motifs is 1. The number of ether oxygens (including phenoxy) is 1. The SMILES string of the molecule is CCc1cc2c(NCC(=O)NCCN3CCOCC3)nc(C)nc2s1. The third-order valence-electron chi connectivity index (χ3n) is 4.17. The fourth-order valence-corrected chi connectivity index (χ4v) is 3.80. The molecule has 0 spiro atoms. The normalized spacial score (nSPS) is 15.4. The Labute approximate surface area is 151 Å². The number of anilines is 1. The molecule has 2 aromatic heterocycles. The largest absolute Gasteiger partial charge is 0.379 e. The van der Waals surface area contributed by atoms with Gasteiger partial charge >= 0.3 is 0 Å². The quantitative estimate of drug-likeness (QED) is 0.775. The lowest BCUT2D eigenvalue weighted by molar-refractivity contribution is -0.119. The fourth-order valence-electron chi connectivity index (χ4n) is 2.79. The van der Waals surface area contributed by atoms with Crippen molar-refractivity contribution in [1.82, 2.24) is 20.2 Å². The molecular weight excluding hydrogens is 338 g/mol. The van der Waals surface area contributed by atoms with Crippen LogP contribution in [0.5, 0.6) is 0 Å². The van der Waals surface area contributed by atoms with Crippen LogP contribution in [0.15, 0.2) is 6.07 Å². The highest BCUT2D eigenvalue weighted by Crippen LogP contribution is 2.29. The molecule has 0 atom stereocenters. The minimum Gasteiger partial charge on any atom is -0.379 e. The van der Waals surface area contributed by atoms with Crippen molar-refractivity contribution in [2.75, 3.05) is 51.3 Å². The molecule has 0 aliphatic carbocycles. The summed E-state index contributed by atoms with van der Waals surface area (Å²) < 4.78 is 5.32. The molecular formula is C17H25N5O2S. The highest BCUT2D eigenvalue weighted by Gasteiger charge is 2.12. The number of aromatic nitrogens is 2. The Kier molecular flexibility index (Phi) is 6.17. The number of nitrogens with one attached hydrogen (secondary N) is 2. The number of amides is 1. The first-order chi connectivity index (χ1) is 12.2. The Hall–Kier alpha value is -1.77. The summed E-state index contributed by atoms with van der Waals surface area (Å²) in [5.41, 5.74) is 0. The van der Waals surface area contributed by atoms with Crippen LogP contribution >= 0.6 is 11.3 Å². The zero-order valence-corrected chi connectivity index (χ0v) is 15.6. The summed E-state index contributed by atoms with van der Waals surface area (Å²) in [4.78, 5) is 25.6. The lowest BCUT2D eigenvalue weighted by Crippen LogP contribution is -2.42. The molecule has 0 aromatic carbocycles. The van der Waals surface area contributed by atoms with Crippen LogP contribution in [-0.2, 0) is 16.0 Å². The molecule has 8 heteroatoms. The van der Waals surface area contributed by atoms with E-state index in [0.717, 1.165) is 55.3 Å². The molecule has 1 amide bonds. The van der Waals surface area contributed by atoms with Gasteiger partial charge in [0.1, 0.15) is 16.5 Å². The number of thiophene rings is 1. The maximum Gasteiger partial charge on any atom is 0.239 e. The van der Waals surface area contributed by atoms with Crippen molar-refractivity contribution in [3.05, 3.63) is 16.8 Å². The van der Waals surface area contributed by atoms with Crippen LogP contribution in [0.3, 0.4) is 0 Å². The molecule has 0 radical (unpaired) electrons. The highest BCUT2D eigenvalue weighted by molar-refractivity contribution is 7.18. The minimum atomic E-state index is -0.0244. The van der Waals surface area contributed by atoms with Gasteiger partial charge in [0.2, 0.25) is 5.91 Å². The van der Waals surface area contributed by atoms with E-state index in [9.17, 15) is 4.79 Å². The molecule has 0 bridgehead atoms. The third-order valence-corrected chi connectivity index (χ3v) is 5.35. The van der Waals surface area contributed by atoms with Crippen LogP contribution in [0.1, 0.15) is 17.6 Å². The van der Waals surface area contributed by atoms with E-state index in [4.69, 9.17) is 4.74 Å². The van der Waals surface area contributed by atoms with Gasteiger partial charge in [-0.25, -0.2) is 9.97 Å². The second-order valence-electron chi connectivity index (χ2n) is 6.06. The summed E-state index contributed by atoms with van der Waals surface area (Å²) in [5.74, 6) is 1.43. The summed E-state index contributed by atoms with van der Waals surface area (Å²) in [5, 5.41) is 7.11. The van der Waals surface area contributed by atoms with Crippen LogP contribution in [0.25, 0.3) is 10.2 Å². The molecule has 0 saturated carbocycles. The first-order valence-corrected chi connectivity index (χ1v) is 9.55. The average Bonchev–Trinajstić information content (AvgIpc) is 3.03. The van der Waals surface area contributed by atoms with Gasteiger partial charge in [-0.05, 0) is 19.4 Å². The Morgan fingerprint density at radius 3 is 2.92 bits per heavy atom. The molecule has 0 unspecified atom stereocenters. The standard InChI is InChI=1S/C17H25N5O2S/c1-3-13-10-14-16(20-12(2)21-17(14)25-13)19-11-15(23)18-4-5-22-6-8-24-9-7-22/h10H,3-9,11H2,1-2H3,(H,18,23)(H,19,20,21). The molecule has 1 aliphatic rings. The van der Waals surface area contributed by atoms with Gasteiger partial charge in [0, 0.05) is 31.1 Å². The second-order valence-corrected chi connectivity index (χ2v) is 7.18. The molecule has 136 valence electrons. The fraction of sp³-hybridized carbons (Fsp3) is 0.588. The van der Waals surface area contributed by atoms with Crippen LogP contribution in [0.2, 0.25) is 0 Å². The summed E-state index contributed by atoms with van der Waals surface area (Å²) >= 11 is 1.68. The zero-order valence-electron chi connectivity index (χ0n) is 14.8. The summed E-state index contributed by atoms with van der Waals surface area (Å²) in [6.45, 7) is 9.14. The minimum absolute atomic E-state index is 0.0244. The van der Waals surface area contributed by atoms with Gasteiger partial charge in [-0.3, -0.25) is 9.69 Å². The van der Waals surface area contributed by atoms with Gasteiger partial charge in [-0.1, -0.05) is 6.92 Å². The van der Waals surface area contributed by atoms with E-state index < -0.39 is 0 Å². The molecule has 2 N–H and O–H groups in total. The first-order valence-electron chi connectivity index (χ1n) is 8.73. The van der Waals surface area contributed by atoms with E-state index in [1.807, 2.05) is 6.92 Å². The smallest absolute Gasteiger partial charge is 0.239 e. The molecule has 3 heterocycles. The number of rotatable bonds is 7. The molecule has 7 nitrogen and oxygen atoms in total. The number of nitrogens with zero attached hydrogens (tertiary/aromatic N) is 3. The van der Waals surface area contributed by atoms with E-state index >= 15 is 0 Å². The van der Waals surface area contributed by atoms with Crippen LogP contribution in [0, 0.1) is 6.92 Å². The van der Waals surface area contributed by atoms with Crippen molar-refractivity contribution in [3.63, 3.8) is 0 Å². The van der Waals surface area contributed by atoms with E-state index in [1.54, 1.807) is 11.3 Å². The number of aryl methyl sites for hydroxylation is 2.